The summed E-state index contributed by atoms with van der Waals surface area (Å²) in [7, 11) is 0. The van der Waals surface area contributed by atoms with Crippen LogP contribution in [0.1, 0.15) is 15.9 Å². The van der Waals surface area contributed by atoms with Crippen LogP contribution in [0.15, 0.2) is 71.5 Å². The molecule has 0 bridgehead atoms. The van der Waals surface area contributed by atoms with Gasteiger partial charge in [-0.25, -0.2) is 0 Å². The summed E-state index contributed by atoms with van der Waals surface area (Å²) in [6.45, 7) is 0.695. The summed E-state index contributed by atoms with van der Waals surface area (Å²) in [5.74, 6) is -0.122. The summed E-state index contributed by atoms with van der Waals surface area (Å²) in [5.41, 5.74) is 2.49. The van der Waals surface area contributed by atoms with Crippen LogP contribution in [0, 0.1) is 0 Å². The second-order valence-electron chi connectivity index (χ2n) is 4.87. The number of aromatic nitrogens is 2. The standard InChI is InChI=1S/C17H14BrN3O/c18-15-3-1-4-16(11-15)20-17(22)14-7-5-13(6-8-14)12-21-10-2-9-19-21/h1-11H,12H2,(H,20,22). The van der Waals surface area contributed by atoms with Crippen LogP contribution in [-0.2, 0) is 6.54 Å². The number of carbonyl (C=O) groups is 1. The summed E-state index contributed by atoms with van der Waals surface area (Å²) in [5, 5.41) is 7.04. The van der Waals surface area contributed by atoms with Crippen LogP contribution < -0.4 is 5.32 Å². The molecule has 0 saturated heterocycles. The van der Waals surface area contributed by atoms with Crippen molar-refractivity contribution >= 4 is 27.5 Å². The zero-order valence-electron chi connectivity index (χ0n) is 11.7. The molecule has 0 fully saturated rings. The van der Waals surface area contributed by atoms with Crippen LogP contribution in [0.4, 0.5) is 5.69 Å². The van der Waals surface area contributed by atoms with E-state index in [9.17, 15) is 4.79 Å². The van der Waals surface area contributed by atoms with E-state index in [1.54, 1.807) is 6.20 Å². The molecule has 1 amide bonds. The zero-order chi connectivity index (χ0) is 15.4. The second-order valence-corrected chi connectivity index (χ2v) is 5.78. The van der Waals surface area contributed by atoms with Crippen molar-refractivity contribution in [2.24, 2.45) is 0 Å². The van der Waals surface area contributed by atoms with Gasteiger partial charge in [0.2, 0.25) is 0 Å². The lowest BCUT2D eigenvalue weighted by Gasteiger charge is -2.07. The monoisotopic (exact) mass is 355 g/mol. The summed E-state index contributed by atoms with van der Waals surface area (Å²) in [6.07, 6.45) is 3.66. The number of nitrogens with one attached hydrogen (secondary N) is 1. The fourth-order valence-corrected chi connectivity index (χ4v) is 2.51. The Morgan fingerprint density at radius 1 is 1.14 bits per heavy atom. The first-order valence-electron chi connectivity index (χ1n) is 6.84. The molecule has 0 spiro atoms. The van der Waals surface area contributed by atoms with Crippen molar-refractivity contribution < 1.29 is 4.79 Å². The molecule has 22 heavy (non-hydrogen) atoms. The van der Waals surface area contributed by atoms with Gasteiger partial charge in [-0.3, -0.25) is 9.48 Å². The fourth-order valence-electron chi connectivity index (χ4n) is 2.11. The number of anilines is 1. The number of hydrogen-bond acceptors (Lipinski definition) is 2. The van der Waals surface area contributed by atoms with Gasteiger partial charge in [0.15, 0.2) is 0 Å². The molecule has 0 unspecified atom stereocenters. The van der Waals surface area contributed by atoms with Gasteiger partial charge >= 0.3 is 0 Å². The maximum absolute atomic E-state index is 12.2. The van der Waals surface area contributed by atoms with Crippen molar-refractivity contribution in [2.45, 2.75) is 6.54 Å². The largest absolute Gasteiger partial charge is 0.322 e. The highest BCUT2D eigenvalue weighted by molar-refractivity contribution is 9.10. The molecule has 110 valence electrons. The van der Waals surface area contributed by atoms with Crippen LogP contribution in [0.5, 0.6) is 0 Å². The third kappa shape index (κ3) is 3.62. The van der Waals surface area contributed by atoms with Crippen molar-refractivity contribution in [3.63, 3.8) is 0 Å². The summed E-state index contributed by atoms with van der Waals surface area (Å²) in [4.78, 5) is 12.2. The molecule has 0 aliphatic rings. The first-order valence-corrected chi connectivity index (χ1v) is 7.63. The lowest BCUT2D eigenvalue weighted by atomic mass is 10.1. The lowest BCUT2D eigenvalue weighted by Crippen LogP contribution is -2.12. The highest BCUT2D eigenvalue weighted by Gasteiger charge is 2.06. The Labute approximate surface area is 136 Å². The number of carbonyl (C=O) groups excluding carboxylic acids is 1. The van der Waals surface area contributed by atoms with Crippen LogP contribution in [0.3, 0.4) is 0 Å². The minimum atomic E-state index is -0.122. The van der Waals surface area contributed by atoms with Gasteiger partial charge in [-0.15, -0.1) is 0 Å². The van der Waals surface area contributed by atoms with Gasteiger partial charge in [0.1, 0.15) is 0 Å². The van der Waals surface area contributed by atoms with E-state index in [1.165, 1.54) is 0 Å². The number of amides is 1. The van der Waals surface area contributed by atoms with E-state index >= 15 is 0 Å². The minimum absolute atomic E-state index is 0.122. The molecular formula is C17H14BrN3O. The van der Waals surface area contributed by atoms with Gasteiger partial charge in [-0.05, 0) is 42.0 Å². The predicted octanol–water partition coefficient (Wildman–Crippen LogP) is 3.95. The maximum atomic E-state index is 12.2. The van der Waals surface area contributed by atoms with Crippen LogP contribution in [-0.4, -0.2) is 15.7 Å². The molecule has 0 aliphatic carbocycles. The Morgan fingerprint density at radius 2 is 1.95 bits per heavy atom. The van der Waals surface area contributed by atoms with Gasteiger partial charge in [0, 0.05) is 28.1 Å². The third-order valence-corrected chi connectivity index (χ3v) is 3.70. The number of hydrogen-bond donors (Lipinski definition) is 1. The minimum Gasteiger partial charge on any atom is -0.322 e. The first-order chi connectivity index (χ1) is 10.7. The van der Waals surface area contributed by atoms with E-state index in [4.69, 9.17) is 0 Å². The number of halogens is 1. The van der Waals surface area contributed by atoms with E-state index in [2.05, 4.69) is 26.3 Å². The van der Waals surface area contributed by atoms with E-state index in [0.29, 0.717) is 12.1 Å². The highest BCUT2D eigenvalue weighted by atomic mass is 79.9. The van der Waals surface area contributed by atoms with E-state index in [0.717, 1.165) is 15.7 Å². The van der Waals surface area contributed by atoms with E-state index in [-0.39, 0.29) is 5.91 Å². The molecule has 2 aromatic carbocycles. The molecule has 1 aromatic heterocycles. The van der Waals surface area contributed by atoms with Crippen molar-refractivity contribution in [1.82, 2.24) is 9.78 Å². The molecule has 0 radical (unpaired) electrons. The summed E-state index contributed by atoms with van der Waals surface area (Å²) in [6, 6.07) is 16.9. The number of benzene rings is 2. The summed E-state index contributed by atoms with van der Waals surface area (Å²) < 4.78 is 2.77. The average Bonchev–Trinajstić information content (AvgIpc) is 3.01. The van der Waals surface area contributed by atoms with E-state index in [1.807, 2.05) is 65.5 Å². The molecule has 5 heteroatoms. The van der Waals surface area contributed by atoms with Crippen molar-refractivity contribution in [3.8, 4) is 0 Å². The number of rotatable bonds is 4. The van der Waals surface area contributed by atoms with Gasteiger partial charge in [-0.1, -0.05) is 34.1 Å². The van der Waals surface area contributed by atoms with Crippen LogP contribution >= 0.6 is 15.9 Å². The first kappa shape index (κ1) is 14.5. The predicted molar refractivity (Wildman–Crippen MR) is 89.9 cm³/mol. The molecule has 0 atom stereocenters. The molecule has 3 aromatic rings. The van der Waals surface area contributed by atoms with E-state index < -0.39 is 0 Å². The molecule has 1 heterocycles. The third-order valence-electron chi connectivity index (χ3n) is 3.20. The fraction of sp³-hybridized carbons (Fsp3) is 0.0588. The molecule has 3 rings (SSSR count). The quantitative estimate of drug-likeness (QED) is 0.770. The summed E-state index contributed by atoms with van der Waals surface area (Å²) >= 11 is 3.39. The van der Waals surface area contributed by atoms with Gasteiger partial charge in [0.25, 0.3) is 5.91 Å². The Bertz CT molecular complexity index is 767. The molecular weight excluding hydrogens is 342 g/mol. The highest BCUT2D eigenvalue weighted by Crippen LogP contribution is 2.16. The van der Waals surface area contributed by atoms with Crippen molar-refractivity contribution in [3.05, 3.63) is 82.6 Å². The maximum Gasteiger partial charge on any atom is 0.255 e. The second kappa shape index (κ2) is 6.58. The van der Waals surface area contributed by atoms with Crippen molar-refractivity contribution in [1.29, 1.82) is 0 Å². The smallest absolute Gasteiger partial charge is 0.255 e. The molecule has 4 nitrogen and oxygen atoms in total. The molecule has 0 aliphatic heterocycles. The Balaban J connectivity index is 1.68. The Kier molecular flexibility index (Phi) is 4.34. The average molecular weight is 356 g/mol. The molecule has 1 N–H and O–H groups in total. The van der Waals surface area contributed by atoms with Gasteiger partial charge < -0.3 is 5.32 Å². The lowest BCUT2D eigenvalue weighted by molar-refractivity contribution is 0.102. The van der Waals surface area contributed by atoms with Crippen LogP contribution in [0.2, 0.25) is 0 Å². The van der Waals surface area contributed by atoms with Gasteiger partial charge in [0.05, 0.1) is 6.54 Å². The van der Waals surface area contributed by atoms with Gasteiger partial charge in [-0.2, -0.15) is 5.10 Å². The number of nitrogens with zero attached hydrogens (tertiary/aromatic N) is 2. The molecule has 0 saturated carbocycles. The SMILES string of the molecule is O=C(Nc1cccc(Br)c1)c1ccc(Cn2cccn2)cc1. The Morgan fingerprint density at radius 3 is 2.64 bits per heavy atom. The topological polar surface area (TPSA) is 46.9 Å². The van der Waals surface area contributed by atoms with Crippen molar-refractivity contribution in [2.75, 3.05) is 5.32 Å². The van der Waals surface area contributed by atoms with Crippen LogP contribution in [0.25, 0.3) is 0 Å². The normalized spacial score (nSPS) is 10.4. The Hall–Kier alpha value is -2.40. The zero-order valence-corrected chi connectivity index (χ0v) is 13.3.